The fourth-order valence-electron chi connectivity index (χ4n) is 2.77. The third-order valence-electron chi connectivity index (χ3n) is 4.32. The molecule has 2 aromatic carbocycles. The molecule has 4 aromatic rings. The molecule has 0 aliphatic carbocycles. The van der Waals surface area contributed by atoms with Crippen molar-refractivity contribution in [3.8, 4) is 28.4 Å². The lowest BCUT2D eigenvalue weighted by Gasteiger charge is -2.06. The van der Waals surface area contributed by atoms with Crippen molar-refractivity contribution in [1.82, 2.24) is 25.2 Å². The van der Waals surface area contributed by atoms with Crippen molar-refractivity contribution in [2.75, 3.05) is 12.4 Å². The van der Waals surface area contributed by atoms with Crippen LogP contribution in [-0.4, -0.2) is 38.2 Å². The molecule has 0 saturated heterocycles. The molecular formula is C20H15F3N6O2S. The Morgan fingerprint density at radius 1 is 1.16 bits per heavy atom. The molecule has 0 spiro atoms. The molecule has 164 valence electrons. The van der Waals surface area contributed by atoms with Crippen LogP contribution in [0.2, 0.25) is 0 Å². The number of alkyl halides is 3. The van der Waals surface area contributed by atoms with E-state index in [0.29, 0.717) is 10.8 Å². The van der Waals surface area contributed by atoms with E-state index in [4.69, 9.17) is 4.74 Å². The number of anilines is 1. The van der Waals surface area contributed by atoms with Crippen molar-refractivity contribution in [2.45, 2.75) is 12.7 Å². The molecule has 0 aliphatic rings. The number of amides is 1. The summed E-state index contributed by atoms with van der Waals surface area (Å²) in [6, 6.07) is 11.9. The first-order valence-corrected chi connectivity index (χ1v) is 10.0. The first-order valence-electron chi connectivity index (χ1n) is 9.17. The number of carbonyl (C=O) groups is 1. The summed E-state index contributed by atoms with van der Waals surface area (Å²) in [5.74, 6) is 0.260. The smallest absolute Gasteiger partial charge is 0.416 e. The molecule has 1 amide bonds. The van der Waals surface area contributed by atoms with E-state index in [2.05, 4.69) is 25.7 Å². The Bertz CT molecular complexity index is 1240. The van der Waals surface area contributed by atoms with Gasteiger partial charge in [-0.25, -0.2) is 4.98 Å². The fraction of sp³-hybridized carbons (Fsp3) is 0.150. The number of tetrazole rings is 1. The molecule has 4 rings (SSSR count). The lowest BCUT2D eigenvalue weighted by molar-refractivity contribution is -0.137. The molecule has 0 radical (unpaired) electrons. The summed E-state index contributed by atoms with van der Waals surface area (Å²) in [4.78, 5) is 17.7. The van der Waals surface area contributed by atoms with Gasteiger partial charge in [0.05, 0.1) is 18.4 Å². The standard InChI is InChI=1S/C20H15F3N6O2S/c1-31-15-7-5-12(6-8-15)16-11-32-19(24-16)25-17(30)10-29-27-18(26-28-29)13-3-2-4-14(9-13)20(21,22)23/h2-9,11H,10H2,1H3,(H,24,25,30). The Kier molecular flexibility index (Phi) is 5.86. The molecule has 8 nitrogen and oxygen atoms in total. The van der Waals surface area contributed by atoms with Crippen LogP contribution >= 0.6 is 11.3 Å². The summed E-state index contributed by atoms with van der Waals surface area (Å²) < 4.78 is 43.8. The van der Waals surface area contributed by atoms with Crippen molar-refractivity contribution in [2.24, 2.45) is 0 Å². The topological polar surface area (TPSA) is 94.8 Å². The maximum Gasteiger partial charge on any atom is 0.416 e. The number of hydrogen-bond donors (Lipinski definition) is 1. The second-order valence-corrected chi connectivity index (χ2v) is 7.39. The van der Waals surface area contributed by atoms with E-state index < -0.39 is 17.6 Å². The number of benzene rings is 2. The maximum absolute atomic E-state index is 12.9. The highest BCUT2D eigenvalue weighted by Crippen LogP contribution is 2.31. The number of nitrogens with zero attached hydrogens (tertiary/aromatic N) is 5. The van der Waals surface area contributed by atoms with Gasteiger partial charge in [0, 0.05) is 16.5 Å². The van der Waals surface area contributed by atoms with Crippen molar-refractivity contribution in [1.29, 1.82) is 0 Å². The van der Waals surface area contributed by atoms with Gasteiger partial charge in [-0.2, -0.15) is 18.0 Å². The van der Waals surface area contributed by atoms with Gasteiger partial charge in [-0.3, -0.25) is 4.79 Å². The van der Waals surface area contributed by atoms with Gasteiger partial charge in [-0.05, 0) is 41.6 Å². The second kappa shape index (κ2) is 8.75. The number of hydrogen-bond acceptors (Lipinski definition) is 7. The first-order chi connectivity index (χ1) is 15.3. The molecule has 1 N–H and O–H groups in total. The maximum atomic E-state index is 12.9. The predicted octanol–water partition coefficient (Wildman–Crippen LogP) is 4.13. The van der Waals surface area contributed by atoms with E-state index in [9.17, 15) is 18.0 Å². The van der Waals surface area contributed by atoms with Gasteiger partial charge in [0.1, 0.15) is 12.3 Å². The Morgan fingerprint density at radius 3 is 2.66 bits per heavy atom. The summed E-state index contributed by atoms with van der Waals surface area (Å²) in [7, 11) is 1.58. The number of ether oxygens (including phenoxy) is 1. The van der Waals surface area contributed by atoms with Gasteiger partial charge in [-0.1, -0.05) is 12.1 Å². The second-order valence-electron chi connectivity index (χ2n) is 6.54. The number of aromatic nitrogens is 5. The van der Waals surface area contributed by atoms with Gasteiger partial charge in [0.2, 0.25) is 11.7 Å². The molecule has 0 unspecified atom stereocenters. The number of methoxy groups -OCH3 is 1. The highest BCUT2D eigenvalue weighted by atomic mass is 32.1. The molecule has 0 aliphatic heterocycles. The number of thiazole rings is 1. The molecular weight excluding hydrogens is 445 g/mol. The number of halogens is 3. The van der Waals surface area contributed by atoms with Crippen LogP contribution in [0, 0.1) is 0 Å². The van der Waals surface area contributed by atoms with E-state index in [0.717, 1.165) is 28.2 Å². The molecule has 2 heterocycles. The van der Waals surface area contributed by atoms with Gasteiger partial charge >= 0.3 is 6.18 Å². The number of nitrogens with one attached hydrogen (secondary N) is 1. The molecule has 32 heavy (non-hydrogen) atoms. The number of rotatable bonds is 6. The molecule has 0 fully saturated rings. The number of carbonyl (C=O) groups excluding carboxylic acids is 1. The average Bonchev–Trinajstić information content (AvgIpc) is 3.43. The summed E-state index contributed by atoms with van der Waals surface area (Å²) in [5.41, 5.74) is 0.890. The molecule has 2 aromatic heterocycles. The summed E-state index contributed by atoms with van der Waals surface area (Å²) in [6.07, 6.45) is -4.48. The first kappa shape index (κ1) is 21.4. The van der Waals surface area contributed by atoms with Crippen LogP contribution in [0.5, 0.6) is 5.75 Å². The fourth-order valence-corrected chi connectivity index (χ4v) is 3.51. The van der Waals surface area contributed by atoms with Crippen LogP contribution < -0.4 is 10.1 Å². The monoisotopic (exact) mass is 460 g/mol. The van der Waals surface area contributed by atoms with Crippen LogP contribution in [0.3, 0.4) is 0 Å². The van der Waals surface area contributed by atoms with Gasteiger partial charge in [0.15, 0.2) is 5.13 Å². The summed E-state index contributed by atoms with van der Waals surface area (Å²) in [6.45, 7) is -0.274. The lowest BCUT2D eigenvalue weighted by Crippen LogP contribution is -2.20. The van der Waals surface area contributed by atoms with Crippen LogP contribution in [0.1, 0.15) is 5.56 Å². The third kappa shape index (κ3) is 4.91. The van der Waals surface area contributed by atoms with Crippen LogP contribution in [0.15, 0.2) is 53.9 Å². The van der Waals surface area contributed by atoms with Crippen molar-refractivity contribution in [3.05, 3.63) is 59.5 Å². The highest BCUT2D eigenvalue weighted by molar-refractivity contribution is 7.14. The van der Waals surface area contributed by atoms with Crippen molar-refractivity contribution in [3.63, 3.8) is 0 Å². The van der Waals surface area contributed by atoms with E-state index in [1.54, 1.807) is 12.5 Å². The van der Waals surface area contributed by atoms with E-state index in [-0.39, 0.29) is 17.9 Å². The third-order valence-corrected chi connectivity index (χ3v) is 5.08. The average molecular weight is 460 g/mol. The molecule has 0 atom stereocenters. The van der Waals surface area contributed by atoms with E-state index in [1.807, 2.05) is 24.3 Å². The van der Waals surface area contributed by atoms with Gasteiger partial charge < -0.3 is 10.1 Å². The zero-order valence-electron chi connectivity index (χ0n) is 16.5. The Morgan fingerprint density at radius 2 is 1.94 bits per heavy atom. The zero-order chi connectivity index (χ0) is 22.7. The summed E-state index contributed by atoms with van der Waals surface area (Å²) >= 11 is 1.25. The minimum atomic E-state index is -4.48. The Labute approximate surface area is 183 Å². The van der Waals surface area contributed by atoms with E-state index in [1.165, 1.54) is 23.5 Å². The predicted molar refractivity (Wildman–Crippen MR) is 111 cm³/mol. The zero-order valence-corrected chi connectivity index (χ0v) is 17.3. The minimum absolute atomic E-state index is 0.0139. The van der Waals surface area contributed by atoms with Crippen LogP contribution in [-0.2, 0) is 17.5 Å². The largest absolute Gasteiger partial charge is 0.497 e. The molecule has 0 bridgehead atoms. The Balaban J connectivity index is 1.40. The highest BCUT2D eigenvalue weighted by Gasteiger charge is 2.30. The lowest BCUT2D eigenvalue weighted by atomic mass is 10.1. The normalized spacial score (nSPS) is 11.4. The SMILES string of the molecule is COc1ccc(-c2csc(NC(=O)Cn3nnc(-c4cccc(C(F)(F)F)c4)n3)n2)cc1. The van der Waals surface area contributed by atoms with Crippen LogP contribution in [0.4, 0.5) is 18.3 Å². The van der Waals surface area contributed by atoms with Crippen molar-refractivity contribution < 1.29 is 22.7 Å². The molecule has 0 saturated carbocycles. The van der Waals surface area contributed by atoms with Crippen LogP contribution in [0.25, 0.3) is 22.6 Å². The Hall–Kier alpha value is -3.80. The van der Waals surface area contributed by atoms with E-state index >= 15 is 0 Å². The summed E-state index contributed by atoms with van der Waals surface area (Å²) in [5, 5.41) is 16.3. The minimum Gasteiger partial charge on any atom is -0.497 e. The van der Waals surface area contributed by atoms with Gasteiger partial charge in [0.25, 0.3) is 0 Å². The molecule has 12 heteroatoms. The quantitative estimate of drug-likeness (QED) is 0.465. The van der Waals surface area contributed by atoms with Gasteiger partial charge in [-0.15, -0.1) is 21.5 Å². The van der Waals surface area contributed by atoms with Crippen molar-refractivity contribution >= 4 is 22.4 Å².